The van der Waals surface area contributed by atoms with Crippen molar-refractivity contribution in [3.05, 3.63) is 0 Å². The van der Waals surface area contributed by atoms with Crippen LogP contribution in [0.1, 0.15) is 73.6 Å². The fraction of sp³-hybridized carbons (Fsp3) is 0.952. The highest BCUT2D eigenvalue weighted by Gasteiger charge is 2.31. The predicted molar refractivity (Wildman–Crippen MR) is 115 cm³/mol. The van der Waals surface area contributed by atoms with Gasteiger partial charge in [-0.05, 0) is 23.7 Å². The SMILES string of the molecule is CC(C)(C)CCCC[C@@H](C(=O)NCC[N+](C)(C)CCCS(=O)(=O)[O-])C(C)(C)C. The van der Waals surface area contributed by atoms with Gasteiger partial charge in [-0.2, -0.15) is 0 Å². The molecule has 0 aromatic heterocycles. The number of nitrogens with one attached hydrogen (secondary N) is 1. The van der Waals surface area contributed by atoms with Crippen LogP contribution < -0.4 is 5.32 Å². The first-order valence-corrected chi connectivity index (χ1v) is 12.0. The van der Waals surface area contributed by atoms with Crippen molar-refractivity contribution < 1.29 is 22.2 Å². The smallest absolute Gasteiger partial charge is 0.223 e. The molecule has 1 atom stereocenters. The van der Waals surface area contributed by atoms with E-state index in [0.717, 1.165) is 25.7 Å². The molecule has 0 aromatic rings. The number of unbranched alkanes of at least 4 members (excludes halogenated alkanes) is 1. The normalized spacial score (nSPS) is 14.8. The van der Waals surface area contributed by atoms with Crippen molar-refractivity contribution in [2.24, 2.45) is 16.7 Å². The average Bonchev–Trinajstić information content (AvgIpc) is 2.42. The average molecular weight is 421 g/mol. The lowest BCUT2D eigenvalue weighted by molar-refractivity contribution is -0.889. The van der Waals surface area contributed by atoms with E-state index in [-0.39, 0.29) is 23.0 Å². The molecule has 0 radical (unpaired) electrons. The van der Waals surface area contributed by atoms with E-state index in [9.17, 15) is 17.8 Å². The van der Waals surface area contributed by atoms with Crippen LogP contribution in [0, 0.1) is 16.7 Å². The topological polar surface area (TPSA) is 86.3 Å². The molecule has 0 aliphatic rings. The van der Waals surface area contributed by atoms with Gasteiger partial charge in [0.2, 0.25) is 5.91 Å². The molecule has 1 amide bonds. The predicted octanol–water partition coefficient (Wildman–Crippen LogP) is 3.38. The van der Waals surface area contributed by atoms with Gasteiger partial charge in [-0.1, -0.05) is 54.4 Å². The van der Waals surface area contributed by atoms with E-state index in [1.165, 1.54) is 0 Å². The number of hydrogen-bond acceptors (Lipinski definition) is 4. The van der Waals surface area contributed by atoms with Gasteiger partial charge < -0.3 is 14.4 Å². The molecule has 0 unspecified atom stereocenters. The summed E-state index contributed by atoms with van der Waals surface area (Å²) in [4.78, 5) is 12.8. The zero-order chi connectivity index (χ0) is 22.2. The third-order valence-electron chi connectivity index (χ3n) is 5.21. The van der Waals surface area contributed by atoms with Gasteiger partial charge in [0.05, 0.1) is 43.8 Å². The molecular weight excluding hydrogens is 376 g/mol. The molecule has 28 heavy (non-hydrogen) atoms. The second-order valence-electron chi connectivity index (χ2n) is 11.0. The Balaban J connectivity index is 4.47. The minimum atomic E-state index is -4.16. The molecule has 0 spiro atoms. The second-order valence-corrected chi connectivity index (χ2v) is 12.5. The molecule has 0 bridgehead atoms. The summed E-state index contributed by atoms with van der Waals surface area (Å²) in [6.07, 6.45) is 4.58. The van der Waals surface area contributed by atoms with Gasteiger partial charge in [0.1, 0.15) is 0 Å². The number of carbonyl (C=O) groups is 1. The van der Waals surface area contributed by atoms with Crippen molar-refractivity contribution in [3.63, 3.8) is 0 Å². The minimum absolute atomic E-state index is 0.0197. The second kappa shape index (κ2) is 10.9. The molecule has 0 saturated carbocycles. The zero-order valence-corrected chi connectivity index (χ0v) is 20.2. The molecule has 7 heteroatoms. The molecule has 0 rings (SSSR count). The molecule has 168 valence electrons. The van der Waals surface area contributed by atoms with Crippen molar-refractivity contribution in [2.75, 3.05) is 39.5 Å². The summed E-state index contributed by atoms with van der Waals surface area (Å²) in [7, 11) is -0.191. The van der Waals surface area contributed by atoms with Crippen molar-refractivity contribution in [1.82, 2.24) is 5.32 Å². The number of nitrogens with zero attached hydrogens (tertiary/aromatic N) is 1. The Morgan fingerprint density at radius 3 is 2.04 bits per heavy atom. The number of quaternary nitrogens is 1. The Morgan fingerprint density at radius 2 is 1.57 bits per heavy atom. The number of rotatable bonds is 12. The highest BCUT2D eigenvalue weighted by Crippen LogP contribution is 2.31. The Labute approximate surface area is 173 Å². The minimum Gasteiger partial charge on any atom is -0.748 e. The summed E-state index contributed by atoms with van der Waals surface area (Å²) in [5.41, 5.74) is 0.243. The summed E-state index contributed by atoms with van der Waals surface area (Å²) >= 11 is 0. The quantitative estimate of drug-likeness (QED) is 0.298. The molecule has 0 aromatic carbocycles. The Hall–Kier alpha value is -0.660. The number of likely N-dealkylation sites (N-methyl/N-ethyl adjacent to an activating group) is 1. The van der Waals surface area contributed by atoms with Gasteiger partial charge >= 0.3 is 0 Å². The van der Waals surface area contributed by atoms with Gasteiger partial charge in [0.25, 0.3) is 0 Å². The van der Waals surface area contributed by atoms with E-state index in [1.54, 1.807) is 0 Å². The van der Waals surface area contributed by atoms with Crippen LogP contribution in [0.3, 0.4) is 0 Å². The van der Waals surface area contributed by atoms with Crippen molar-refractivity contribution in [3.8, 4) is 0 Å². The molecule has 0 fully saturated rings. The van der Waals surface area contributed by atoms with E-state index in [2.05, 4.69) is 46.9 Å². The first-order valence-electron chi connectivity index (χ1n) is 10.5. The number of amides is 1. The first-order chi connectivity index (χ1) is 12.4. The number of carbonyl (C=O) groups excluding carboxylic acids is 1. The van der Waals surface area contributed by atoms with E-state index < -0.39 is 10.1 Å². The van der Waals surface area contributed by atoms with Crippen molar-refractivity contribution >= 4 is 16.0 Å². The maximum absolute atomic E-state index is 12.8. The van der Waals surface area contributed by atoms with E-state index in [0.29, 0.717) is 36.0 Å². The molecule has 6 nitrogen and oxygen atoms in total. The largest absolute Gasteiger partial charge is 0.748 e. The van der Waals surface area contributed by atoms with Gasteiger partial charge in [0, 0.05) is 18.1 Å². The summed E-state index contributed by atoms with van der Waals surface area (Å²) in [5, 5.41) is 3.07. The Kier molecular flexibility index (Phi) is 10.7. The highest BCUT2D eigenvalue weighted by molar-refractivity contribution is 7.85. The van der Waals surface area contributed by atoms with Crippen molar-refractivity contribution in [2.45, 2.75) is 73.6 Å². The zero-order valence-electron chi connectivity index (χ0n) is 19.4. The van der Waals surface area contributed by atoms with Crippen molar-refractivity contribution in [1.29, 1.82) is 0 Å². The standard InChI is InChI=1S/C21H44N2O4S/c1-20(2,3)13-10-9-12-18(21(4,5)6)19(24)22-14-16-23(7,8)15-11-17-28(25,26)27/h18H,9-17H2,1-8H3,(H-,22,24,25,26,27)/t18-/m0/s1. The fourth-order valence-corrected chi connectivity index (χ4v) is 3.83. The Morgan fingerprint density at radius 1 is 1.00 bits per heavy atom. The van der Waals surface area contributed by atoms with Crippen LogP contribution in [0.15, 0.2) is 0 Å². The summed E-state index contributed by atoms with van der Waals surface area (Å²) in [5.74, 6) is -0.249. The third-order valence-corrected chi connectivity index (χ3v) is 5.99. The van der Waals surface area contributed by atoms with Gasteiger partial charge in [-0.15, -0.1) is 0 Å². The molecular formula is C21H44N2O4S. The molecule has 1 N–H and O–H groups in total. The Bertz CT molecular complexity index is 572. The lowest BCUT2D eigenvalue weighted by atomic mass is 9.76. The van der Waals surface area contributed by atoms with E-state index >= 15 is 0 Å². The van der Waals surface area contributed by atoms with Crippen LogP contribution in [0.2, 0.25) is 0 Å². The highest BCUT2D eigenvalue weighted by atomic mass is 32.2. The van der Waals surface area contributed by atoms with E-state index in [4.69, 9.17) is 0 Å². The first kappa shape index (κ1) is 27.3. The van der Waals surface area contributed by atoms with Crippen LogP contribution in [-0.2, 0) is 14.9 Å². The van der Waals surface area contributed by atoms with Gasteiger partial charge in [-0.25, -0.2) is 8.42 Å². The maximum atomic E-state index is 12.8. The third kappa shape index (κ3) is 14.4. The monoisotopic (exact) mass is 420 g/mol. The molecule has 0 saturated heterocycles. The van der Waals surface area contributed by atoms with Gasteiger partial charge in [0.15, 0.2) is 0 Å². The summed E-state index contributed by atoms with van der Waals surface area (Å²) < 4.78 is 32.8. The lowest BCUT2D eigenvalue weighted by Gasteiger charge is -2.32. The maximum Gasteiger partial charge on any atom is 0.223 e. The summed E-state index contributed by atoms with van der Waals surface area (Å²) in [6.45, 7) is 14.9. The molecule has 0 aliphatic heterocycles. The number of hydrogen-bond donors (Lipinski definition) is 1. The van der Waals surface area contributed by atoms with Crippen LogP contribution in [0.5, 0.6) is 0 Å². The molecule has 0 heterocycles. The lowest BCUT2D eigenvalue weighted by Crippen LogP contribution is -2.48. The van der Waals surface area contributed by atoms with Crippen LogP contribution in [0.4, 0.5) is 0 Å². The fourth-order valence-electron chi connectivity index (χ4n) is 3.35. The van der Waals surface area contributed by atoms with Crippen LogP contribution in [-0.4, -0.2) is 62.8 Å². The van der Waals surface area contributed by atoms with Gasteiger partial charge in [-0.3, -0.25) is 4.79 Å². The van der Waals surface area contributed by atoms with Crippen LogP contribution in [0.25, 0.3) is 0 Å². The van der Waals surface area contributed by atoms with E-state index in [1.807, 2.05) is 14.1 Å². The summed E-state index contributed by atoms with van der Waals surface area (Å²) in [6, 6.07) is 0. The molecule has 0 aliphatic carbocycles. The van der Waals surface area contributed by atoms with Crippen LogP contribution >= 0.6 is 0 Å².